The molecule has 0 heterocycles. The predicted octanol–water partition coefficient (Wildman–Crippen LogP) is 4.78. The second-order valence-corrected chi connectivity index (χ2v) is 8.76. The van der Waals surface area contributed by atoms with Crippen LogP contribution in [0.2, 0.25) is 0 Å². The Kier molecular flexibility index (Phi) is 8.81. The van der Waals surface area contributed by atoms with Crippen LogP contribution < -0.4 is 14.8 Å². The highest BCUT2D eigenvalue weighted by Gasteiger charge is 2.51. The SMILES string of the molecule is COC(=O)C(OC(=O)c1ccc(OC)cc1)C(NC(=O)c1ccc(OC)cc1)(c1ccccc1)c1ccccc1. The molecule has 4 rings (SSSR count). The summed E-state index contributed by atoms with van der Waals surface area (Å²) < 4.78 is 21.5. The molecule has 0 bridgehead atoms. The molecule has 4 aromatic rings. The normalized spacial score (nSPS) is 11.6. The van der Waals surface area contributed by atoms with Gasteiger partial charge in [0.1, 0.15) is 17.0 Å². The number of hydrogen-bond donors (Lipinski definition) is 1. The second-order valence-electron chi connectivity index (χ2n) is 8.76. The molecule has 1 atom stereocenters. The van der Waals surface area contributed by atoms with Crippen molar-refractivity contribution in [1.82, 2.24) is 5.32 Å². The molecule has 40 heavy (non-hydrogen) atoms. The molecule has 0 aliphatic carbocycles. The molecular formula is C32H29NO7. The molecular weight excluding hydrogens is 510 g/mol. The molecule has 0 aliphatic rings. The van der Waals surface area contributed by atoms with E-state index in [-0.39, 0.29) is 5.56 Å². The van der Waals surface area contributed by atoms with Gasteiger partial charge < -0.3 is 24.3 Å². The maximum Gasteiger partial charge on any atom is 0.350 e. The molecule has 1 amide bonds. The second kappa shape index (κ2) is 12.6. The van der Waals surface area contributed by atoms with Crippen LogP contribution in [0.1, 0.15) is 31.8 Å². The third-order valence-electron chi connectivity index (χ3n) is 6.48. The standard InChI is InChI=1S/C32H29NO7/c1-37-26-18-14-22(15-19-26)29(34)33-32(24-10-6-4-7-11-24,25-12-8-5-9-13-25)28(31(36)39-3)40-30(35)23-16-20-27(38-2)21-17-23/h4-21,28H,1-3H3,(H,33,34). The van der Waals surface area contributed by atoms with Crippen LogP contribution >= 0.6 is 0 Å². The Balaban J connectivity index is 1.88. The van der Waals surface area contributed by atoms with Gasteiger partial charge in [0.15, 0.2) is 0 Å². The minimum atomic E-state index is -1.67. The maximum atomic E-state index is 13.8. The zero-order valence-electron chi connectivity index (χ0n) is 22.3. The van der Waals surface area contributed by atoms with Gasteiger partial charge in [-0.3, -0.25) is 4.79 Å². The van der Waals surface area contributed by atoms with E-state index in [1.54, 1.807) is 97.1 Å². The summed E-state index contributed by atoms with van der Waals surface area (Å²) in [4.78, 5) is 40.7. The first kappa shape index (κ1) is 27.9. The molecule has 1 unspecified atom stereocenters. The van der Waals surface area contributed by atoms with Crippen molar-refractivity contribution in [2.24, 2.45) is 0 Å². The van der Waals surface area contributed by atoms with Crippen LogP contribution in [-0.4, -0.2) is 45.3 Å². The Morgan fingerprint density at radius 2 is 1.07 bits per heavy atom. The number of rotatable bonds is 10. The van der Waals surface area contributed by atoms with Crippen molar-refractivity contribution in [3.05, 3.63) is 131 Å². The van der Waals surface area contributed by atoms with Gasteiger partial charge in [-0.15, -0.1) is 0 Å². The van der Waals surface area contributed by atoms with Crippen LogP contribution in [0.25, 0.3) is 0 Å². The van der Waals surface area contributed by atoms with Crippen LogP contribution in [0.5, 0.6) is 11.5 Å². The Hall–Kier alpha value is -5.11. The predicted molar refractivity (Wildman–Crippen MR) is 148 cm³/mol. The Labute approximate surface area is 232 Å². The quantitative estimate of drug-likeness (QED) is 0.290. The summed E-state index contributed by atoms with van der Waals surface area (Å²) in [6.07, 6.45) is -1.61. The van der Waals surface area contributed by atoms with E-state index >= 15 is 0 Å². The van der Waals surface area contributed by atoms with Crippen LogP contribution in [0.15, 0.2) is 109 Å². The number of methoxy groups -OCH3 is 3. The van der Waals surface area contributed by atoms with Gasteiger partial charge in [0.05, 0.1) is 26.9 Å². The summed E-state index contributed by atoms with van der Waals surface area (Å²) in [5.74, 6) is -1.02. The molecule has 204 valence electrons. The number of amides is 1. The lowest BCUT2D eigenvalue weighted by Gasteiger charge is -2.40. The van der Waals surface area contributed by atoms with Crippen molar-refractivity contribution in [2.45, 2.75) is 11.6 Å². The molecule has 0 aliphatic heterocycles. The number of hydrogen-bond acceptors (Lipinski definition) is 7. The first-order chi connectivity index (χ1) is 19.4. The van der Waals surface area contributed by atoms with Gasteiger partial charge >= 0.3 is 11.9 Å². The number of nitrogens with one attached hydrogen (secondary N) is 1. The number of benzene rings is 4. The van der Waals surface area contributed by atoms with Gasteiger partial charge in [0.2, 0.25) is 6.10 Å². The minimum absolute atomic E-state index is 0.186. The highest BCUT2D eigenvalue weighted by Crippen LogP contribution is 2.37. The van der Waals surface area contributed by atoms with Crippen molar-refractivity contribution < 1.29 is 33.3 Å². The summed E-state index contributed by atoms with van der Waals surface area (Å²) in [5.41, 5.74) is -0.176. The number of carbonyl (C=O) groups excluding carboxylic acids is 3. The average molecular weight is 540 g/mol. The third kappa shape index (κ3) is 5.81. The zero-order chi connectivity index (χ0) is 28.5. The molecule has 8 nitrogen and oxygen atoms in total. The monoisotopic (exact) mass is 539 g/mol. The van der Waals surface area contributed by atoms with Gasteiger partial charge in [0, 0.05) is 5.56 Å². The zero-order valence-corrected chi connectivity index (χ0v) is 22.3. The molecule has 0 spiro atoms. The van der Waals surface area contributed by atoms with E-state index in [1.165, 1.54) is 33.5 Å². The largest absolute Gasteiger partial charge is 0.497 e. The van der Waals surface area contributed by atoms with E-state index in [0.29, 0.717) is 28.2 Å². The Bertz CT molecular complexity index is 1400. The number of carbonyl (C=O) groups is 3. The fourth-order valence-electron chi connectivity index (χ4n) is 4.40. The van der Waals surface area contributed by atoms with Gasteiger partial charge in [-0.2, -0.15) is 0 Å². The van der Waals surface area contributed by atoms with E-state index in [2.05, 4.69) is 5.32 Å². The lowest BCUT2D eigenvalue weighted by molar-refractivity contribution is -0.154. The molecule has 0 saturated carbocycles. The fourth-order valence-corrected chi connectivity index (χ4v) is 4.40. The van der Waals surface area contributed by atoms with E-state index in [9.17, 15) is 14.4 Å². The summed E-state index contributed by atoms with van der Waals surface area (Å²) in [6.45, 7) is 0. The first-order valence-electron chi connectivity index (χ1n) is 12.4. The van der Waals surface area contributed by atoms with Crippen LogP contribution in [0.4, 0.5) is 0 Å². The van der Waals surface area contributed by atoms with Crippen molar-refractivity contribution >= 4 is 17.8 Å². The highest BCUT2D eigenvalue weighted by molar-refractivity contribution is 5.97. The summed E-state index contributed by atoms with van der Waals surface area (Å²) >= 11 is 0. The number of esters is 2. The van der Waals surface area contributed by atoms with Crippen LogP contribution in [-0.2, 0) is 19.8 Å². The molecule has 8 heteroatoms. The van der Waals surface area contributed by atoms with E-state index in [0.717, 1.165) is 0 Å². The lowest BCUT2D eigenvalue weighted by Crippen LogP contribution is -2.59. The molecule has 0 aromatic heterocycles. The smallest absolute Gasteiger partial charge is 0.350 e. The average Bonchev–Trinajstić information content (AvgIpc) is 3.03. The Morgan fingerprint density at radius 1 is 0.625 bits per heavy atom. The van der Waals surface area contributed by atoms with Gasteiger partial charge in [0.25, 0.3) is 5.91 Å². The first-order valence-corrected chi connectivity index (χ1v) is 12.4. The van der Waals surface area contributed by atoms with E-state index < -0.39 is 29.5 Å². The Morgan fingerprint density at radius 3 is 1.50 bits per heavy atom. The van der Waals surface area contributed by atoms with Gasteiger partial charge in [-0.1, -0.05) is 60.7 Å². The molecule has 0 fully saturated rings. The van der Waals surface area contributed by atoms with Crippen LogP contribution in [0, 0.1) is 0 Å². The molecule has 0 saturated heterocycles. The third-order valence-corrected chi connectivity index (χ3v) is 6.48. The van der Waals surface area contributed by atoms with Crippen LogP contribution in [0.3, 0.4) is 0 Å². The van der Waals surface area contributed by atoms with E-state index in [1.807, 2.05) is 0 Å². The molecule has 4 aromatic carbocycles. The van der Waals surface area contributed by atoms with Gasteiger partial charge in [-0.25, -0.2) is 9.59 Å². The minimum Gasteiger partial charge on any atom is -0.497 e. The van der Waals surface area contributed by atoms with E-state index in [4.69, 9.17) is 18.9 Å². The number of ether oxygens (including phenoxy) is 4. The molecule has 0 radical (unpaired) electrons. The summed E-state index contributed by atoms with van der Waals surface area (Å²) in [6, 6.07) is 30.5. The maximum absolute atomic E-state index is 13.8. The lowest BCUT2D eigenvalue weighted by atomic mass is 9.77. The highest BCUT2D eigenvalue weighted by atomic mass is 16.6. The summed E-state index contributed by atoms with van der Waals surface area (Å²) in [5, 5.41) is 3.03. The van der Waals surface area contributed by atoms with Crippen molar-refractivity contribution in [2.75, 3.05) is 21.3 Å². The van der Waals surface area contributed by atoms with Crippen molar-refractivity contribution in [3.8, 4) is 11.5 Å². The van der Waals surface area contributed by atoms with Crippen molar-refractivity contribution in [3.63, 3.8) is 0 Å². The molecule has 1 N–H and O–H groups in total. The van der Waals surface area contributed by atoms with Gasteiger partial charge in [-0.05, 0) is 59.7 Å². The van der Waals surface area contributed by atoms with Crippen molar-refractivity contribution in [1.29, 1.82) is 0 Å². The summed E-state index contributed by atoms with van der Waals surface area (Å²) in [7, 11) is 4.24. The fraction of sp³-hybridized carbons (Fsp3) is 0.156. The topological polar surface area (TPSA) is 100 Å².